The second-order valence-electron chi connectivity index (χ2n) is 5.69. The van der Waals surface area contributed by atoms with Crippen molar-refractivity contribution in [3.05, 3.63) is 29.8 Å². The van der Waals surface area contributed by atoms with Gasteiger partial charge in [-0.15, -0.1) is 0 Å². The van der Waals surface area contributed by atoms with E-state index in [9.17, 15) is 22.8 Å². The SMILES string of the molecule is O=C(Nc1cccc(C(F)(F)F)c1)C(=O)NC1CCCCCC1. The van der Waals surface area contributed by atoms with Crippen molar-refractivity contribution in [2.75, 3.05) is 5.32 Å². The molecule has 1 aliphatic rings. The highest BCUT2D eigenvalue weighted by Crippen LogP contribution is 2.30. The van der Waals surface area contributed by atoms with Gasteiger partial charge in [0.05, 0.1) is 5.56 Å². The van der Waals surface area contributed by atoms with E-state index in [0.717, 1.165) is 50.7 Å². The van der Waals surface area contributed by atoms with Crippen molar-refractivity contribution < 1.29 is 22.8 Å². The van der Waals surface area contributed by atoms with Crippen LogP contribution in [-0.2, 0) is 15.8 Å². The molecule has 0 spiro atoms. The second-order valence-corrected chi connectivity index (χ2v) is 5.69. The summed E-state index contributed by atoms with van der Waals surface area (Å²) in [6, 6.07) is 4.16. The molecule has 2 amide bonds. The van der Waals surface area contributed by atoms with Crippen LogP contribution in [0.25, 0.3) is 0 Å². The largest absolute Gasteiger partial charge is 0.416 e. The van der Waals surface area contributed by atoms with Gasteiger partial charge in [-0.25, -0.2) is 0 Å². The first-order chi connectivity index (χ1) is 10.9. The third kappa shape index (κ3) is 5.26. The highest BCUT2D eigenvalue weighted by Gasteiger charge is 2.30. The maximum Gasteiger partial charge on any atom is 0.416 e. The van der Waals surface area contributed by atoms with Crippen molar-refractivity contribution >= 4 is 17.5 Å². The molecule has 7 heteroatoms. The van der Waals surface area contributed by atoms with Crippen molar-refractivity contribution in [3.8, 4) is 0 Å². The quantitative estimate of drug-likeness (QED) is 0.645. The molecule has 1 saturated carbocycles. The number of amides is 2. The zero-order chi connectivity index (χ0) is 16.9. The summed E-state index contributed by atoms with van der Waals surface area (Å²) in [5.41, 5.74) is -0.930. The molecule has 0 aliphatic heterocycles. The number of hydrogen-bond donors (Lipinski definition) is 2. The van der Waals surface area contributed by atoms with E-state index in [0.29, 0.717) is 0 Å². The van der Waals surface area contributed by atoms with Crippen LogP contribution in [0.5, 0.6) is 0 Å². The third-order valence-corrected chi connectivity index (χ3v) is 3.84. The normalized spacial score (nSPS) is 16.5. The summed E-state index contributed by atoms with van der Waals surface area (Å²) in [7, 11) is 0. The maximum atomic E-state index is 12.6. The number of nitrogens with one attached hydrogen (secondary N) is 2. The van der Waals surface area contributed by atoms with Gasteiger partial charge >= 0.3 is 18.0 Å². The van der Waals surface area contributed by atoms with Crippen molar-refractivity contribution in [2.24, 2.45) is 0 Å². The van der Waals surface area contributed by atoms with E-state index < -0.39 is 23.6 Å². The fourth-order valence-corrected chi connectivity index (χ4v) is 2.64. The molecule has 1 aromatic carbocycles. The number of benzene rings is 1. The zero-order valence-corrected chi connectivity index (χ0v) is 12.6. The Morgan fingerprint density at radius 1 is 1.00 bits per heavy atom. The summed E-state index contributed by atoms with van der Waals surface area (Å²) in [5, 5.41) is 4.86. The minimum atomic E-state index is -4.50. The van der Waals surface area contributed by atoms with Gasteiger partial charge in [-0.05, 0) is 31.0 Å². The fraction of sp³-hybridized carbons (Fsp3) is 0.500. The van der Waals surface area contributed by atoms with E-state index in [1.165, 1.54) is 12.1 Å². The minimum Gasteiger partial charge on any atom is -0.345 e. The summed E-state index contributed by atoms with van der Waals surface area (Å²) in [5.74, 6) is -1.76. The molecule has 0 heterocycles. The molecule has 1 fully saturated rings. The number of carbonyl (C=O) groups is 2. The summed E-state index contributed by atoms with van der Waals surface area (Å²) in [6.07, 6.45) is 1.38. The lowest BCUT2D eigenvalue weighted by Gasteiger charge is -2.16. The average molecular weight is 328 g/mol. The van der Waals surface area contributed by atoms with Gasteiger partial charge in [0.2, 0.25) is 0 Å². The molecule has 0 unspecified atom stereocenters. The van der Waals surface area contributed by atoms with Crippen LogP contribution in [0.3, 0.4) is 0 Å². The van der Waals surface area contributed by atoms with Crippen LogP contribution < -0.4 is 10.6 Å². The fourth-order valence-electron chi connectivity index (χ4n) is 2.64. The van der Waals surface area contributed by atoms with Crippen molar-refractivity contribution in [2.45, 2.75) is 50.7 Å². The Kier molecular flexibility index (Phi) is 5.63. The van der Waals surface area contributed by atoms with Crippen molar-refractivity contribution in [1.82, 2.24) is 5.32 Å². The Labute approximate surface area is 132 Å². The molecule has 23 heavy (non-hydrogen) atoms. The molecule has 0 bridgehead atoms. The van der Waals surface area contributed by atoms with Gasteiger partial charge in [-0.1, -0.05) is 31.7 Å². The number of hydrogen-bond acceptors (Lipinski definition) is 2. The first-order valence-electron chi connectivity index (χ1n) is 7.65. The van der Waals surface area contributed by atoms with Gasteiger partial charge in [-0.3, -0.25) is 9.59 Å². The Morgan fingerprint density at radius 3 is 2.26 bits per heavy atom. The lowest BCUT2D eigenvalue weighted by atomic mass is 10.1. The van der Waals surface area contributed by atoms with Crippen molar-refractivity contribution in [3.63, 3.8) is 0 Å². The topological polar surface area (TPSA) is 58.2 Å². The number of rotatable bonds is 2. The Hall–Kier alpha value is -2.05. The van der Waals surface area contributed by atoms with Gasteiger partial charge in [-0.2, -0.15) is 13.2 Å². The molecule has 0 saturated heterocycles. The van der Waals surface area contributed by atoms with Crippen LogP contribution in [0.15, 0.2) is 24.3 Å². The molecule has 126 valence electrons. The van der Waals surface area contributed by atoms with E-state index in [1.54, 1.807) is 0 Å². The third-order valence-electron chi connectivity index (χ3n) is 3.84. The second kappa shape index (κ2) is 7.48. The van der Waals surface area contributed by atoms with E-state index in [2.05, 4.69) is 10.6 Å². The Morgan fingerprint density at radius 2 is 1.65 bits per heavy atom. The summed E-state index contributed by atoms with van der Waals surface area (Å²) >= 11 is 0. The lowest BCUT2D eigenvalue weighted by Crippen LogP contribution is -2.41. The first kappa shape index (κ1) is 17.3. The summed E-state index contributed by atoms with van der Waals surface area (Å²) < 4.78 is 37.9. The average Bonchev–Trinajstić information content (AvgIpc) is 2.75. The molecule has 2 rings (SSSR count). The van der Waals surface area contributed by atoms with Gasteiger partial charge in [0.1, 0.15) is 0 Å². The number of carbonyl (C=O) groups excluding carboxylic acids is 2. The molecule has 0 radical (unpaired) electrons. The Balaban J connectivity index is 1.94. The van der Waals surface area contributed by atoms with Crippen LogP contribution in [0.4, 0.5) is 18.9 Å². The van der Waals surface area contributed by atoms with Crippen LogP contribution in [-0.4, -0.2) is 17.9 Å². The lowest BCUT2D eigenvalue weighted by molar-refractivity contribution is -0.137. The molecule has 0 atom stereocenters. The molecule has 1 aromatic rings. The molecular weight excluding hydrogens is 309 g/mol. The highest BCUT2D eigenvalue weighted by molar-refractivity contribution is 6.39. The number of alkyl halides is 3. The van der Waals surface area contributed by atoms with Gasteiger partial charge in [0, 0.05) is 11.7 Å². The highest BCUT2D eigenvalue weighted by atomic mass is 19.4. The number of anilines is 1. The molecule has 1 aliphatic carbocycles. The molecule has 2 N–H and O–H groups in total. The van der Waals surface area contributed by atoms with E-state index in [1.807, 2.05) is 0 Å². The summed E-state index contributed by atoms with van der Waals surface area (Å²) in [4.78, 5) is 23.7. The predicted molar refractivity (Wildman–Crippen MR) is 79.7 cm³/mol. The van der Waals surface area contributed by atoms with Gasteiger partial charge in [0.15, 0.2) is 0 Å². The summed E-state index contributed by atoms with van der Waals surface area (Å²) in [6.45, 7) is 0. The Bertz CT molecular complexity index is 565. The zero-order valence-electron chi connectivity index (χ0n) is 12.6. The van der Waals surface area contributed by atoms with Crippen LogP contribution >= 0.6 is 0 Å². The first-order valence-corrected chi connectivity index (χ1v) is 7.65. The molecular formula is C16H19F3N2O2. The standard InChI is InChI=1S/C16H19F3N2O2/c17-16(18,19)11-6-5-9-13(10-11)21-15(23)14(22)20-12-7-3-1-2-4-8-12/h5-6,9-10,12H,1-4,7-8H2,(H,20,22)(H,21,23). The van der Waals surface area contributed by atoms with Gasteiger partial charge in [0.25, 0.3) is 0 Å². The van der Waals surface area contributed by atoms with Crippen LogP contribution in [0, 0.1) is 0 Å². The maximum absolute atomic E-state index is 12.6. The van der Waals surface area contributed by atoms with Crippen LogP contribution in [0.2, 0.25) is 0 Å². The number of halogens is 3. The van der Waals surface area contributed by atoms with E-state index in [4.69, 9.17) is 0 Å². The smallest absolute Gasteiger partial charge is 0.345 e. The van der Waals surface area contributed by atoms with Gasteiger partial charge < -0.3 is 10.6 Å². The van der Waals surface area contributed by atoms with E-state index in [-0.39, 0.29) is 11.7 Å². The minimum absolute atomic E-state index is 0.0442. The van der Waals surface area contributed by atoms with E-state index >= 15 is 0 Å². The predicted octanol–water partition coefficient (Wildman–Crippen LogP) is 3.48. The van der Waals surface area contributed by atoms with Crippen LogP contribution in [0.1, 0.15) is 44.1 Å². The van der Waals surface area contributed by atoms with Crippen molar-refractivity contribution in [1.29, 1.82) is 0 Å². The monoisotopic (exact) mass is 328 g/mol. The molecule has 0 aromatic heterocycles. The molecule has 4 nitrogen and oxygen atoms in total.